The van der Waals surface area contributed by atoms with Gasteiger partial charge in [-0.2, -0.15) is 0 Å². The summed E-state index contributed by atoms with van der Waals surface area (Å²) in [5, 5.41) is 7.83. The van der Waals surface area contributed by atoms with Crippen molar-refractivity contribution in [3.8, 4) is 11.1 Å². The van der Waals surface area contributed by atoms with E-state index < -0.39 is 0 Å². The van der Waals surface area contributed by atoms with Crippen LogP contribution in [0.3, 0.4) is 0 Å². The summed E-state index contributed by atoms with van der Waals surface area (Å²) in [5.41, 5.74) is 18.3. The fourth-order valence-corrected chi connectivity index (χ4v) is 13.7. The Kier molecular flexibility index (Phi) is 7.88. The number of anilines is 5. The molecule has 0 amide bonds. The van der Waals surface area contributed by atoms with Crippen LogP contribution in [0.25, 0.3) is 49.0 Å². The monoisotopic (exact) mass is 822 g/mol. The number of rotatable bonds is 6. The molecule has 5 aliphatic carbocycles. The Hall–Kier alpha value is -6.90. The van der Waals surface area contributed by atoms with Gasteiger partial charge in [0.05, 0.1) is 11.7 Å². The molecule has 5 aliphatic rings. The third-order valence-electron chi connectivity index (χ3n) is 16.4. The first-order valence-electron chi connectivity index (χ1n) is 23.9. The molecular weight excluding hydrogens is 773 g/mol. The lowest BCUT2D eigenvalue weighted by Gasteiger charge is -2.37. The SMILES string of the molecule is C1=C2C(=CC(N(c3ccccc3)c3ccc4ccc5c(N(c6ccccc6)c6ccc7c(c6)C6(CCCC6)c6ccccc6-7)ccc6ccc3c4c65)C1)C1(CCCC1)c1ccccc12. The lowest BCUT2D eigenvalue weighted by atomic mass is 9.74. The molecule has 2 saturated carbocycles. The number of nitrogens with zero attached hydrogens (tertiary/aromatic N) is 2. The zero-order valence-corrected chi connectivity index (χ0v) is 36.2. The third-order valence-corrected chi connectivity index (χ3v) is 16.4. The topological polar surface area (TPSA) is 6.48 Å². The van der Waals surface area contributed by atoms with E-state index in [4.69, 9.17) is 0 Å². The van der Waals surface area contributed by atoms with Crippen molar-refractivity contribution in [1.29, 1.82) is 0 Å². The maximum Gasteiger partial charge on any atom is 0.0563 e. The molecule has 2 heteroatoms. The number of para-hydroxylation sites is 2. The Balaban J connectivity index is 0.953. The van der Waals surface area contributed by atoms with E-state index in [1.807, 2.05) is 0 Å². The summed E-state index contributed by atoms with van der Waals surface area (Å²) in [5.74, 6) is 0. The zero-order chi connectivity index (χ0) is 42.0. The van der Waals surface area contributed by atoms with Crippen LogP contribution < -0.4 is 9.80 Å². The molecule has 0 N–H and O–H groups in total. The highest BCUT2D eigenvalue weighted by Gasteiger charge is 2.48. The minimum Gasteiger partial charge on any atom is -0.334 e. The number of hydrogen-bond acceptors (Lipinski definition) is 2. The first kappa shape index (κ1) is 36.6. The molecule has 0 radical (unpaired) electrons. The number of fused-ring (bicyclic) bond motifs is 10. The Morgan fingerprint density at radius 2 is 0.969 bits per heavy atom. The number of allylic oxidation sites excluding steroid dienone is 2. The van der Waals surface area contributed by atoms with Crippen molar-refractivity contribution in [2.24, 2.45) is 0 Å². The van der Waals surface area contributed by atoms with Crippen molar-refractivity contribution < 1.29 is 0 Å². The van der Waals surface area contributed by atoms with Crippen molar-refractivity contribution in [1.82, 2.24) is 0 Å². The highest BCUT2D eigenvalue weighted by Crippen LogP contribution is 2.60. The van der Waals surface area contributed by atoms with Crippen molar-refractivity contribution in [2.75, 3.05) is 9.80 Å². The first-order valence-corrected chi connectivity index (χ1v) is 23.9. The summed E-state index contributed by atoms with van der Waals surface area (Å²) in [6.07, 6.45) is 16.3. The summed E-state index contributed by atoms with van der Waals surface area (Å²) in [4.78, 5) is 5.20. The van der Waals surface area contributed by atoms with Crippen molar-refractivity contribution >= 4 is 66.3 Å². The Morgan fingerprint density at radius 3 is 1.67 bits per heavy atom. The van der Waals surface area contributed by atoms with Gasteiger partial charge in [0.2, 0.25) is 0 Å². The number of benzene rings is 9. The van der Waals surface area contributed by atoms with E-state index in [1.165, 1.54) is 146 Å². The first-order chi connectivity index (χ1) is 31.7. The van der Waals surface area contributed by atoms with E-state index in [0.717, 1.165) is 6.42 Å². The molecular formula is C62H50N2. The smallest absolute Gasteiger partial charge is 0.0563 e. The van der Waals surface area contributed by atoms with Crippen molar-refractivity contribution in [3.63, 3.8) is 0 Å². The van der Waals surface area contributed by atoms with Gasteiger partial charge in [-0.25, -0.2) is 0 Å². The van der Waals surface area contributed by atoms with E-state index in [2.05, 4.69) is 198 Å². The van der Waals surface area contributed by atoms with E-state index in [0.29, 0.717) is 0 Å². The van der Waals surface area contributed by atoms with E-state index in [1.54, 1.807) is 11.1 Å². The largest absolute Gasteiger partial charge is 0.334 e. The van der Waals surface area contributed by atoms with Crippen molar-refractivity contribution in [2.45, 2.75) is 74.7 Å². The number of hydrogen-bond donors (Lipinski definition) is 0. The minimum absolute atomic E-state index is 0.0963. The van der Waals surface area contributed by atoms with Crippen LogP contribution in [-0.2, 0) is 10.8 Å². The average molecular weight is 823 g/mol. The van der Waals surface area contributed by atoms with Crippen LogP contribution in [0.4, 0.5) is 28.4 Å². The predicted octanol–water partition coefficient (Wildman–Crippen LogP) is 16.6. The average Bonchev–Trinajstić information content (AvgIpc) is 4.17. The molecule has 0 heterocycles. The van der Waals surface area contributed by atoms with Gasteiger partial charge >= 0.3 is 0 Å². The van der Waals surface area contributed by atoms with Crippen LogP contribution in [0.2, 0.25) is 0 Å². The Bertz CT molecular complexity index is 3380. The molecule has 2 spiro atoms. The lowest BCUT2D eigenvalue weighted by molar-refractivity contribution is 0.543. The van der Waals surface area contributed by atoms with Crippen LogP contribution in [0.1, 0.15) is 80.0 Å². The molecule has 2 nitrogen and oxygen atoms in total. The second-order valence-electron chi connectivity index (χ2n) is 19.4. The van der Waals surface area contributed by atoms with Crippen LogP contribution in [0.15, 0.2) is 194 Å². The molecule has 2 fully saturated rings. The van der Waals surface area contributed by atoms with Crippen LogP contribution in [0.5, 0.6) is 0 Å². The summed E-state index contributed by atoms with van der Waals surface area (Å²) in [6.45, 7) is 0. The van der Waals surface area contributed by atoms with Gasteiger partial charge in [0.25, 0.3) is 0 Å². The molecule has 14 rings (SSSR count). The maximum atomic E-state index is 2.69. The fourth-order valence-electron chi connectivity index (χ4n) is 13.7. The van der Waals surface area contributed by atoms with Gasteiger partial charge in [0, 0.05) is 44.4 Å². The van der Waals surface area contributed by atoms with E-state index in [9.17, 15) is 0 Å². The third kappa shape index (κ3) is 5.03. The van der Waals surface area contributed by atoms with E-state index >= 15 is 0 Å². The zero-order valence-electron chi connectivity index (χ0n) is 36.2. The molecule has 9 aromatic carbocycles. The second kappa shape index (κ2) is 13.8. The van der Waals surface area contributed by atoms with E-state index in [-0.39, 0.29) is 16.9 Å². The highest BCUT2D eigenvalue weighted by atomic mass is 15.2. The molecule has 0 saturated heterocycles. The Morgan fingerprint density at radius 1 is 0.422 bits per heavy atom. The molecule has 1 unspecified atom stereocenters. The van der Waals surface area contributed by atoms with Gasteiger partial charge in [0.15, 0.2) is 0 Å². The summed E-state index contributed by atoms with van der Waals surface area (Å²) < 4.78 is 0. The van der Waals surface area contributed by atoms with Crippen LogP contribution >= 0.6 is 0 Å². The van der Waals surface area contributed by atoms with Crippen LogP contribution in [-0.4, -0.2) is 6.04 Å². The quantitative estimate of drug-likeness (QED) is 0.154. The summed E-state index contributed by atoms with van der Waals surface area (Å²) in [7, 11) is 0. The maximum absolute atomic E-state index is 2.69. The molecule has 0 aliphatic heterocycles. The van der Waals surface area contributed by atoms with Gasteiger partial charge < -0.3 is 9.80 Å². The molecule has 9 aromatic rings. The Labute approximate surface area is 376 Å². The highest BCUT2D eigenvalue weighted by molar-refractivity contribution is 6.28. The minimum atomic E-state index is 0.0963. The van der Waals surface area contributed by atoms with Gasteiger partial charge in [-0.05, 0) is 147 Å². The van der Waals surface area contributed by atoms with Gasteiger partial charge in [-0.1, -0.05) is 165 Å². The second-order valence-corrected chi connectivity index (χ2v) is 19.4. The standard InChI is InChI=1S/C62H50N2/c1-3-15-43(16-4-1)63(45-27-31-49-47-19-7-9-21-53(47)61(55(49)39-45)35-11-12-36-61)57-33-25-41-24-30-52-58(34-26-42-23-29-51(57)59(41)60(42)52)64(44-17-5-2-6-18-44)46-28-32-50-48-20-8-10-22-54(48)62(56(50)40-46)37-13-14-38-62/h1-10,15-27,29-34,39-40,46H,11-14,28,35-38H2. The summed E-state index contributed by atoms with van der Waals surface area (Å²) >= 11 is 0. The molecule has 1 atom stereocenters. The van der Waals surface area contributed by atoms with Crippen LogP contribution in [0, 0.1) is 0 Å². The molecule has 0 aromatic heterocycles. The summed E-state index contributed by atoms with van der Waals surface area (Å²) in [6, 6.07) is 67.4. The lowest BCUT2D eigenvalue weighted by Crippen LogP contribution is -2.33. The molecule has 0 bridgehead atoms. The van der Waals surface area contributed by atoms with Gasteiger partial charge in [-0.15, -0.1) is 0 Å². The predicted molar refractivity (Wildman–Crippen MR) is 269 cm³/mol. The van der Waals surface area contributed by atoms with Gasteiger partial charge in [-0.3, -0.25) is 0 Å². The fraction of sp³-hybridized carbons (Fsp3) is 0.194. The van der Waals surface area contributed by atoms with Crippen molar-refractivity contribution in [3.05, 3.63) is 216 Å². The molecule has 308 valence electrons. The molecule has 64 heavy (non-hydrogen) atoms. The normalized spacial score (nSPS) is 18.7. The van der Waals surface area contributed by atoms with Gasteiger partial charge in [0.1, 0.15) is 0 Å².